The van der Waals surface area contributed by atoms with Gasteiger partial charge in [0.2, 0.25) is 0 Å². The van der Waals surface area contributed by atoms with E-state index in [0.717, 1.165) is 29.8 Å². The summed E-state index contributed by atoms with van der Waals surface area (Å²) in [6.07, 6.45) is 3.55. The molecular formula is C17H21NO. The van der Waals surface area contributed by atoms with Crippen LogP contribution in [0.3, 0.4) is 0 Å². The molecule has 0 aliphatic heterocycles. The topological polar surface area (TPSA) is 32.3 Å². The van der Waals surface area contributed by atoms with Crippen LogP contribution in [0.15, 0.2) is 48.5 Å². The van der Waals surface area contributed by atoms with Gasteiger partial charge in [-0.3, -0.25) is 0 Å². The van der Waals surface area contributed by atoms with Crippen molar-refractivity contribution in [1.82, 2.24) is 0 Å². The number of rotatable bonds is 6. The lowest BCUT2D eigenvalue weighted by molar-refractivity contribution is 0.479. The van der Waals surface area contributed by atoms with E-state index >= 15 is 0 Å². The Morgan fingerprint density at radius 2 is 1.74 bits per heavy atom. The van der Waals surface area contributed by atoms with E-state index < -0.39 is 0 Å². The van der Waals surface area contributed by atoms with Gasteiger partial charge in [0.25, 0.3) is 0 Å². The second kappa shape index (κ2) is 6.83. The van der Waals surface area contributed by atoms with Gasteiger partial charge >= 0.3 is 0 Å². The fraction of sp³-hybridized carbons (Fsp3) is 0.294. The van der Waals surface area contributed by atoms with Crippen molar-refractivity contribution in [1.29, 1.82) is 0 Å². The zero-order valence-corrected chi connectivity index (χ0v) is 11.4. The quantitative estimate of drug-likeness (QED) is 0.581. The molecule has 2 N–H and O–H groups in total. The summed E-state index contributed by atoms with van der Waals surface area (Å²) in [6, 6.07) is 15.8. The highest BCUT2D eigenvalue weighted by Gasteiger charge is 2.07. The summed E-state index contributed by atoms with van der Waals surface area (Å²) < 4.78 is 0. The predicted molar refractivity (Wildman–Crippen MR) is 81.6 cm³/mol. The number of benzene rings is 2. The lowest BCUT2D eigenvalue weighted by Crippen LogP contribution is -2.01. The molecule has 2 aromatic carbocycles. The molecule has 0 saturated heterocycles. The van der Waals surface area contributed by atoms with Gasteiger partial charge in [0.05, 0.1) is 5.69 Å². The van der Waals surface area contributed by atoms with Crippen LogP contribution in [0.5, 0.6) is 5.75 Å². The molecule has 0 aromatic heterocycles. The summed E-state index contributed by atoms with van der Waals surface area (Å²) in [5.74, 6) is 0.338. The van der Waals surface area contributed by atoms with Crippen LogP contribution in [-0.2, 0) is 0 Å². The highest BCUT2D eigenvalue weighted by Crippen LogP contribution is 2.35. The van der Waals surface area contributed by atoms with Crippen molar-refractivity contribution in [3.63, 3.8) is 0 Å². The number of hydrogen-bond acceptors (Lipinski definition) is 2. The molecule has 0 fully saturated rings. The zero-order valence-electron chi connectivity index (χ0n) is 11.4. The van der Waals surface area contributed by atoms with Crippen LogP contribution in [-0.4, -0.2) is 11.7 Å². The predicted octanol–water partition coefficient (Wildman–Crippen LogP) is 4.66. The van der Waals surface area contributed by atoms with Crippen molar-refractivity contribution in [3.8, 4) is 16.9 Å². The second-order valence-electron chi connectivity index (χ2n) is 4.70. The molecule has 0 amide bonds. The molecule has 19 heavy (non-hydrogen) atoms. The maximum Gasteiger partial charge on any atom is 0.146 e. The molecule has 0 heterocycles. The van der Waals surface area contributed by atoms with E-state index in [2.05, 4.69) is 12.2 Å². The maximum absolute atomic E-state index is 10.3. The maximum atomic E-state index is 10.3. The normalized spacial score (nSPS) is 10.4. The zero-order chi connectivity index (χ0) is 13.5. The van der Waals surface area contributed by atoms with Gasteiger partial charge in [-0.15, -0.1) is 0 Å². The van der Waals surface area contributed by atoms with Crippen molar-refractivity contribution >= 4 is 5.69 Å². The second-order valence-corrected chi connectivity index (χ2v) is 4.70. The lowest BCUT2D eigenvalue weighted by atomic mass is 10.0. The average molecular weight is 255 g/mol. The summed E-state index contributed by atoms with van der Waals surface area (Å²) >= 11 is 0. The molecule has 0 unspecified atom stereocenters. The van der Waals surface area contributed by atoms with E-state index in [9.17, 15) is 5.11 Å². The average Bonchev–Trinajstić information content (AvgIpc) is 2.46. The summed E-state index contributed by atoms with van der Waals surface area (Å²) in [5, 5.41) is 13.6. The SMILES string of the molecule is CCCCCNc1cccc(-c2ccccc2)c1O. The highest BCUT2D eigenvalue weighted by molar-refractivity contribution is 5.77. The van der Waals surface area contributed by atoms with Crippen LogP contribution in [0, 0.1) is 0 Å². The van der Waals surface area contributed by atoms with Crippen molar-refractivity contribution < 1.29 is 5.11 Å². The summed E-state index contributed by atoms with van der Waals surface area (Å²) in [6.45, 7) is 3.09. The van der Waals surface area contributed by atoms with E-state index in [1.807, 2.05) is 48.5 Å². The van der Waals surface area contributed by atoms with Crippen molar-refractivity contribution in [3.05, 3.63) is 48.5 Å². The van der Waals surface area contributed by atoms with Crippen LogP contribution in [0.4, 0.5) is 5.69 Å². The molecule has 0 saturated carbocycles. The standard InChI is InChI=1S/C17H21NO/c1-2-3-7-13-18-16-12-8-11-15(17(16)19)14-9-5-4-6-10-14/h4-6,8-12,18-19H,2-3,7,13H2,1H3. The molecule has 2 rings (SSSR count). The molecule has 0 bridgehead atoms. The summed E-state index contributed by atoms with van der Waals surface area (Å²) in [4.78, 5) is 0. The van der Waals surface area contributed by atoms with Gasteiger partial charge in [-0.2, -0.15) is 0 Å². The molecule has 2 heteroatoms. The first kappa shape index (κ1) is 13.5. The van der Waals surface area contributed by atoms with Crippen LogP contribution in [0.2, 0.25) is 0 Å². The Balaban J connectivity index is 2.14. The van der Waals surface area contributed by atoms with Gasteiger partial charge in [-0.05, 0) is 18.1 Å². The largest absolute Gasteiger partial charge is 0.505 e. The fourth-order valence-corrected chi connectivity index (χ4v) is 2.13. The van der Waals surface area contributed by atoms with E-state index in [1.165, 1.54) is 12.8 Å². The van der Waals surface area contributed by atoms with Gasteiger partial charge in [0.1, 0.15) is 5.75 Å². The lowest BCUT2D eigenvalue weighted by Gasteiger charge is -2.12. The molecule has 0 aliphatic carbocycles. The number of anilines is 1. The van der Waals surface area contributed by atoms with Crippen LogP contribution in [0.25, 0.3) is 11.1 Å². The number of unbranched alkanes of at least 4 members (excludes halogenated alkanes) is 2. The monoisotopic (exact) mass is 255 g/mol. The molecule has 0 atom stereocenters. The number of para-hydroxylation sites is 1. The van der Waals surface area contributed by atoms with Gasteiger partial charge in [-0.25, -0.2) is 0 Å². The minimum Gasteiger partial charge on any atom is -0.505 e. The molecule has 0 radical (unpaired) electrons. The van der Waals surface area contributed by atoms with E-state index in [0.29, 0.717) is 5.75 Å². The minimum atomic E-state index is 0.338. The first-order valence-corrected chi connectivity index (χ1v) is 6.94. The molecule has 2 aromatic rings. The fourth-order valence-electron chi connectivity index (χ4n) is 2.13. The Morgan fingerprint density at radius 3 is 2.47 bits per heavy atom. The number of nitrogens with one attached hydrogen (secondary N) is 1. The van der Waals surface area contributed by atoms with E-state index in [1.54, 1.807) is 0 Å². The van der Waals surface area contributed by atoms with Crippen LogP contribution >= 0.6 is 0 Å². The summed E-state index contributed by atoms with van der Waals surface area (Å²) in [5.41, 5.74) is 2.73. The Kier molecular flexibility index (Phi) is 4.85. The Hall–Kier alpha value is -1.96. The number of aromatic hydroxyl groups is 1. The third-order valence-electron chi connectivity index (χ3n) is 3.22. The van der Waals surface area contributed by atoms with Crippen molar-refractivity contribution in [2.24, 2.45) is 0 Å². The molecule has 2 nitrogen and oxygen atoms in total. The van der Waals surface area contributed by atoms with Crippen LogP contribution in [0.1, 0.15) is 26.2 Å². The van der Waals surface area contributed by atoms with Crippen molar-refractivity contribution in [2.75, 3.05) is 11.9 Å². The molecule has 0 aliphatic rings. The number of phenolic OH excluding ortho intramolecular Hbond substituents is 1. The van der Waals surface area contributed by atoms with Crippen LogP contribution < -0.4 is 5.32 Å². The first-order chi connectivity index (χ1) is 9.33. The summed E-state index contributed by atoms with van der Waals surface area (Å²) in [7, 11) is 0. The molecular weight excluding hydrogens is 234 g/mol. The van der Waals surface area contributed by atoms with Gasteiger partial charge in [0.15, 0.2) is 0 Å². The molecule has 100 valence electrons. The van der Waals surface area contributed by atoms with Crippen molar-refractivity contribution in [2.45, 2.75) is 26.2 Å². The third-order valence-corrected chi connectivity index (χ3v) is 3.22. The Bertz CT molecular complexity index is 508. The van der Waals surface area contributed by atoms with E-state index in [-0.39, 0.29) is 0 Å². The van der Waals surface area contributed by atoms with Gasteiger partial charge in [0, 0.05) is 12.1 Å². The smallest absolute Gasteiger partial charge is 0.146 e. The highest BCUT2D eigenvalue weighted by atomic mass is 16.3. The number of hydrogen-bond donors (Lipinski definition) is 2. The Labute approximate surface area is 115 Å². The minimum absolute atomic E-state index is 0.338. The first-order valence-electron chi connectivity index (χ1n) is 6.94. The molecule has 0 spiro atoms. The van der Waals surface area contributed by atoms with Gasteiger partial charge in [-0.1, -0.05) is 62.2 Å². The van der Waals surface area contributed by atoms with E-state index in [4.69, 9.17) is 0 Å². The third kappa shape index (κ3) is 3.50. The Morgan fingerprint density at radius 1 is 0.947 bits per heavy atom. The number of phenols is 1. The van der Waals surface area contributed by atoms with Gasteiger partial charge < -0.3 is 10.4 Å².